The van der Waals surface area contributed by atoms with Crippen LogP contribution in [0.3, 0.4) is 0 Å². The van der Waals surface area contributed by atoms with Gasteiger partial charge in [-0.25, -0.2) is 0 Å². The zero-order valence-corrected chi connectivity index (χ0v) is 13.2. The normalized spacial score (nSPS) is 18.4. The summed E-state index contributed by atoms with van der Waals surface area (Å²) in [7, 11) is 0. The van der Waals surface area contributed by atoms with Gasteiger partial charge in [0.25, 0.3) is 0 Å². The van der Waals surface area contributed by atoms with Crippen LogP contribution in [0.2, 0.25) is 0 Å². The second kappa shape index (κ2) is 7.43. The molecule has 1 saturated carbocycles. The predicted molar refractivity (Wildman–Crippen MR) is 85.6 cm³/mol. The topological polar surface area (TPSA) is 66.4 Å². The third-order valence-corrected chi connectivity index (χ3v) is 4.72. The van der Waals surface area contributed by atoms with Gasteiger partial charge in [-0.05, 0) is 31.2 Å². The molecule has 2 N–H and O–H groups in total. The number of carbonyl (C=O) groups excluding carboxylic acids is 1. The Morgan fingerprint density at radius 3 is 2.41 bits per heavy atom. The fraction of sp³-hybridized carbons (Fsp3) is 0.556. The van der Waals surface area contributed by atoms with E-state index in [9.17, 15) is 14.7 Å². The Labute approximate surface area is 131 Å². The van der Waals surface area contributed by atoms with E-state index in [1.807, 2.05) is 18.2 Å². The first kappa shape index (κ1) is 16.5. The van der Waals surface area contributed by atoms with Gasteiger partial charge in [0.2, 0.25) is 5.91 Å². The van der Waals surface area contributed by atoms with Crippen molar-refractivity contribution < 1.29 is 14.7 Å². The Kier molecular flexibility index (Phi) is 5.58. The van der Waals surface area contributed by atoms with Crippen molar-refractivity contribution in [3.63, 3.8) is 0 Å². The van der Waals surface area contributed by atoms with Crippen LogP contribution >= 0.6 is 0 Å². The fourth-order valence-corrected chi connectivity index (χ4v) is 3.11. The van der Waals surface area contributed by atoms with Crippen molar-refractivity contribution in [2.75, 3.05) is 6.54 Å². The average Bonchev–Trinajstić information content (AvgIpc) is 2.54. The van der Waals surface area contributed by atoms with Gasteiger partial charge in [-0.15, -0.1) is 0 Å². The number of nitrogens with one attached hydrogen (secondary N) is 1. The summed E-state index contributed by atoms with van der Waals surface area (Å²) in [4.78, 5) is 23.8. The molecule has 0 spiro atoms. The Morgan fingerprint density at radius 1 is 1.18 bits per heavy atom. The maximum absolute atomic E-state index is 12.1. The van der Waals surface area contributed by atoms with Crippen LogP contribution in [-0.4, -0.2) is 23.5 Å². The highest BCUT2D eigenvalue weighted by Gasteiger charge is 2.35. The summed E-state index contributed by atoms with van der Waals surface area (Å²) in [6.07, 6.45) is 6.42. The van der Waals surface area contributed by atoms with E-state index in [2.05, 4.69) is 5.32 Å². The Hall–Kier alpha value is -1.84. The Morgan fingerprint density at radius 2 is 1.82 bits per heavy atom. The number of hydrogen-bond donors (Lipinski definition) is 2. The molecule has 120 valence electrons. The molecule has 0 saturated heterocycles. The highest BCUT2D eigenvalue weighted by molar-refractivity contribution is 5.83. The molecule has 1 aromatic carbocycles. The maximum Gasteiger partial charge on any atom is 0.315 e. The van der Waals surface area contributed by atoms with E-state index in [0.717, 1.165) is 12.8 Å². The molecule has 0 heterocycles. The summed E-state index contributed by atoms with van der Waals surface area (Å²) in [5.41, 5.74) is -0.385. The van der Waals surface area contributed by atoms with Crippen LogP contribution in [0.25, 0.3) is 0 Å². The average molecular weight is 303 g/mol. The lowest BCUT2D eigenvalue weighted by molar-refractivity contribution is -0.143. The minimum Gasteiger partial charge on any atom is -0.481 e. The van der Waals surface area contributed by atoms with Crippen LogP contribution in [0.4, 0.5) is 0 Å². The van der Waals surface area contributed by atoms with Crippen LogP contribution in [0, 0.1) is 5.92 Å². The summed E-state index contributed by atoms with van der Waals surface area (Å²) in [5.74, 6) is -0.492. The summed E-state index contributed by atoms with van der Waals surface area (Å²) in [6, 6.07) is 9.08. The first-order valence-corrected chi connectivity index (χ1v) is 8.08. The van der Waals surface area contributed by atoms with E-state index >= 15 is 0 Å². The molecule has 1 aromatic rings. The number of carbonyl (C=O) groups is 2. The Balaban J connectivity index is 1.94. The van der Waals surface area contributed by atoms with Crippen molar-refractivity contribution in [2.24, 2.45) is 5.92 Å². The van der Waals surface area contributed by atoms with E-state index in [-0.39, 0.29) is 12.5 Å². The summed E-state index contributed by atoms with van der Waals surface area (Å²) in [6.45, 7) is 1.78. The van der Waals surface area contributed by atoms with Gasteiger partial charge < -0.3 is 10.4 Å². The molecule has 1 fully saturated rings. The highest BCUT2D eigenvalue weighted by Crippen LogP contribution is 2.27. The van der Waals surface area contributed by atoms with Gasteiger partial charge in [0.1, 0.15) is 5.41 Å². The minimum absolute atomic E-state index is 0.0321. The zero-order chi connectivity index (χ0) is 16.0. The molecule has 0 aromatic heterocycles. The molecular formula is C18H25NO3. The summed E-state index contributed by atoms with van der Waals surface area (Å²) in [5, 5.41) is 12.4. The van der Waals surface area contributed by atoms with E-state index < -0.39 is 11.4 Å². The first-order chi connectivity index (χ1) is 10.5. The number of rotatable bonds is 6. The number of hydrogen-bond acceptors (Lipinski definition) is 2. The second-order valence-electron chi connectivity index (χ2n) is 6.49. The van der Waals surface area contributed by atoms with Crippen molar-refractivity contribution in [1.29, 1.82) is 0 Å². The second-order valence-corrected chi connectivity index (χ2v) is 6.49. The van der Waals surface area contributed by atoms with E-state index in [1.165, 1.54) is 19.3 Å². The quantitative estimate of drug-likeness (QED) is 0.848. The van der Waals surface area contributed by atoms with Crippen LogP contribution in [0.15, 0.2) is 30.3 Å². The Bertz CT molecular complexity index is 508. The van der Waals surface area contributed by atoms with Crippen molar-refractivity contribution in [3.8, 4) is 0 Å². The van der Waals surface area contributed by atoms with Crippen molar-refractivity contribution in [1.82, 2.24) is 5.32 Å². The van der Waals surface area contributed by atoms with Gasteiger partial charge in [0.15, 0.2) is 0 Å². The minimum atomic E-state index is -1.09. The molecule has 22 heavy (non-hydrogen) atoms. The van der Waals surface area contributed by atoms with Crippen LogP contribution < -0.4 is 5.32 Å². The van der Waals surface area contributed by atoms with E-state index in [0.29, 0.717) is 17.9 Å². The number of carboxylic acid groups (broad SMARTS) is 1. The number of benzene rings is 1. The highest BCUT2D eigenvalue weighted by atomic mass is 16.4. The number of carboxylic acids is 1. The number of amides is 1. The smallest absolute Gasteiger partial charge is 0.315 e. The van der Waals surface area contributed by atoms with Crippen LogP contribution in [0.5, 0.6) is 0 Å². The fourth-order valence-electron chi connectivity index (χ4n) is 3.11. The lowest BCUT2D eigenvalue weighted by Gasteiger charge is -2.26. The molecule has 1 unspecified atom stereocenters. The molecule has 0 radical (unpaired) electrons. The van der Waals surface area contributed by atoms with Crippen molar-refractivity contribution >= 4 is 11.9 Å². The van der Waals surface area contributed by atoms with Crippen LogP contribution in [0.1, 0.15) is 51.0 Å². The molecule has 1 aliphatic carbocycles. The van der Waals surface area contributed by atoms with Gasteiger partial charge in [-0.3, -0.25) is 9.59 Å². The molecule has 2 rings (SSSR count). The third kappa shape index (κ3) is 4.09. The molecule has 1 atom stereocenters. The molecule has 4 heteroatoms. The molecule has 1 amide bonds. The summed E-state index contributed by atoms with van der Waals surface area (Å²) >= 11 is 0. The van der Waals surface area contributed by atoms with Gasteiger partial charge in [0.05, 0.1) is 0 Å². The molecular weight excluding hydrogens is 278 g/mol. The van der Waals surface area contributed by atoms with Gasteiger partial charge in [0, 0.05) is 13.0 Å². The maximum atomic E-state index is 12.1. The standard InChI is InChI=1S/C18H25NO3/c1-18(17(21)22,15-10-6-3-7-11-15)13-19-16(20)12-14-8-4-2-5-9-14/h3,6-7,10-11,14H,2,4-5,8-9,12-13H2,1H3,(H,19,20)(H,21,22). The van der Waals surface area contributed by atoms with Gasteiger partial charge in [-0.1, -0.05) is 49.6 Å². The molecule has 0 bridgehead atoms. The largest absolute Gasteiger partial charge is 0.481 e. The molecule has 1 aliphatic rings. The monoisotopic (exact) mass is 303 g/mol. The summed E-state index contributed by atoms with van der Waals surface area (Å²) < 4.78 is 0. The van der Waals surface area contributed by atoms with Crippen LogP contribution in [-0.2, 0) is 15.0 Å². The first-order valence-electron chi connectivity index (χ1n) is 8.08. The molecule has 4 nitrogen and oxygen atoms in total. The van der Waals surface area contributed by atoms with E-state index in [4.69, 9.17) is 0 Å². The van der Waals surface area contributed by atoms with Gasteiger partial charge >= 0.3 is 5.97 Å². The third-order valence-electron chi connectivity index (χ3n) is 4.72. The molecule has 0 aliphatic heterocycles. The predicted octanol–water partition coefficient (Wildman–Crippen LogP) is 3.12. The van der Waals surface area contributed by atoms with Gasteiger partial charge in [-0.2, -0.15) is 0 Å². The number of aliphatic carboxylic acids is 1. The lowest BCUT2D eigenvalue weighted by Crippen LogP contribution is -2.44. The van der Waals surface area contributed by atoms with Crippen molar-refractivity contribution in [3.05, 3.63) is 35.9 Å². The van der Waals surface area contributed by atoms with Crippen molar-refractivity contribution in [2.45, 2.75) is 50.9 Å². The zero-order valence-electron chi connectivity index (χ0n) is 13.2. The SMILES string of the molecule is CC(CNC(=O)CC1CCCCC1)(C(=O)O)c1ccccc1. The van der Waals surface area contributed by atoms with E-state index in [1.54, 1.807) is 19.1 Å². The lowest BCUT2D eigenvalue weighted by atomic mass is 9.82.